The Morgan fingerprint density at radius 2 is 1.42 bits per heavy atom. The van der Waals surface area contributed by atoms with E-state index in [0.29, 0.717) is 0 Å². The molecule has 2 aromatic rings. The highest BCUT2D eigenvalue weighted by molar-refractivity contribution is 5.90. The molecule has 0 aliphatic rings. The topological polar surface area (TPSA) is 78.9 Å². The molecule has 1 unspecified atom stereocenters. The molecule has 2 rings (SSSR count). The van der Waals surface area contributed by atoms with E-state index in [4.69, 9.17) is 14.2 Å². The average Bonchev–Trinajstić information content (AvgIpc) is 2.80. The van der Waals surface area contributed by atoms with Gasteiger partial charge in [-0.3, -0.25) is 4.79 Å². The third-order valence-electron chi connectivity index (χ3n) is 4.53. The van der Waals surface area contributed by atoms with Crippen molar-refractivity contribution < 1.29 is 54.9 Å². The van der Waals surface area contributed by atoms with E-state index in [1.165, 1.54) is 13.0 Å². The van der Waals surface area contributed by atoms with Crippen LogP contribution >= 0.6 is 0 Å². The van der Waals surface area contributed by atoms with E-state index in [9.17, 15) is 40.7 Å². The summed E-state index contributed by atoms with van der Waals surface area (Å²) in [5, 5.41) is 0. The summed E-state index contributed by atoms with van der Waals surface area (Å²) in [7, 11) is 0. The standard InChI is InChI=1S/C24H20F6O6/c1-14(2)21(32)36-19(22(33)35-13-16-4-3-5-18(10-16)24(28,29)30)11-20(31)34-12-15-6-8-17(9-7-15)23(25,26)27/h3-10,19H,1,11-13H2,2H3. The van der Waals surface area contributed by atoms with Gasteiger partial charge in [0, 0.05) is 5.57 Å². The number of halogens is 6. The van der Waals surface area contributed by atoms with Crippen molar-refractivity contribution in [3.8, 4) is 0 Å². The molecule has 0 saturated heterocycles. The lowest BCUT2D eigenvalue weighted by Crippen LogP contribution is -2.32. The van der Waals surface area contributed by atoms with Crippen LogP contribution in [0.4, 0.5) is 26.3 Å². The molecule has 36 heavy (non-hydrogen) atoms. The van der Waals surface area contributed by atoms with Crippen LogP contribution in [0.5, 0.6) is 0 Å². The summed E-state index contributed by atoms with van der Waals surface area (Å²) in [5.41, 5.74) is -1.75. The molecule has 6 nitrogen and oxygen atoms in total. The van der Waals surface area contributed by atoms with Gasteiger partial charge < -0.3 is 14.2 Å². The van der Waals surface area contributed by atoms with Crippen molar-refractivity contribution >= 4 is 17.9 Å². The van der Waals surface area contributed by atoms with Crippen LogP contribution in [0.25, 0.3) is 0 Å². The van der Waals surface area contributed by atoms with Gasteiger partial charge in [0.15, 0.2) is 0 Å². The van der Waals surface area contributed by atoms with Gasteiger partial charge in [0.2, 0.25) is 6.10 Å². The fourth-order valence-corrected chi connectivity index (χ4v) is 2.65. The van der Waals surface area contributed by atoms with Crippen LogP contribution in [0.1, 0.15) is 35.6 Å². The van der Waals surface area contributed by atoms with Crippen molar-refractivity contribution in [1.82, 2.24) is 0 Å². The zero-order valence-electron chi connectivity index (χ0n) is 18.7. The van der Waals surface area contributed by atoms with Gasteiger partial charge in [-0.15, -0.1) is 0 Å². The van der Waals surface area contributed by atoms with Crippen molar-refractivity contribution in [2.24, 2.45) is 0 Å². The quantitative estimate of drug-likeness (QED) is 0.192. The summed E-state index contributed by atoms with van der Waals surface area (Å²) in [6, 6.07) is 7.77. The van der Waals surface area contributed by atoms with Crippen LogP contribution in [0.2, 0.25) is 0 Å². The van der Waals surface area contributed by atoms with Crippen LogP contribution in [-0.4, -0.2) is 24.0 Å². The van der Waals surface area contributed by atoms with Crippen molar-refractivity contribution in [1.29, 1.82) is 0 Å². The van der Waals surface area contributed by atoms with E-state index in [0.717, 1.165) is 42.5 Å². The van der Waals surface area contributed by atoms with Gasteiger partial charge >= 0.3 is 30.3 Å². The highest BCUT2D eigenvalue weighted by Crippen LogP contribution is 2.30. The fourth-order valence-electron chi connectivity index (χ4n) is 2.65. The van der Waals surface area contributed by atoms with E-state index in [2.05, 4.69) is 6.58 Å². The molecule has 2 aromatic carbocycles. The summed E-state index contributed by atoms with van der Waals surface area (Å²) in [6.45, 7) is 3.58. The van der Waals surface area contributed by atoms with Crippen LogP contribution in [0, 0.1) is 0 Å². The molecule has 0 aliphatic carbocycles. The van der Waals surface area contributed by atoms with Crippen molar-refractivity contribution in [2.45, 2.75) is 45.0 Å². The number of benzene rings is 2. The minimum Gasteiger partial charge on any atom is -0.461 e. The Kier molecular flexibility index (Phi) is 9.26. The molecular weight excluding hydrogens is 498 g/mol. The van der Waals surface area contributed by atoms with E-state index < -0.39 is 67.1 Å². The first-order valence-electron chi connectivity index (χ1n) is 10.2. The van der Waals surface area contributed by atoms with Gasteiger partial charge in [0.1, 0.15) is 13.2 Å². The smallest absolute Gasteiger partial charge is 0.416 e. The maximum Gasteiger partial charge on any atom is 0.416 e. The molecule has 0 fully saturated rings. The second-order valence-corrected chi connectivity index (χ2v) is 7.54. The largest absolute Gasteiger partial charge is 0.461 e. The minimum atomic E-state index is -4.61. The van der Waals surface area contributed by atoms with Crippen LogP contribution < -0.4 is 0 Å². The Bertz CT molecular complexity index is 1110. The SMILES string of the molecule is C=C(C)C(=O)OC(CC(=O)OCc1ccc(C(F)(F)F)cc1)C(=O)OCc1cccc(C(F)(F)F)c1. The number of esters is 3. The number of alkyl halides is 6. The van der Waals surface area contributed by atoms with Gasteiger partial charge in [-0.2, -0.15) is 26.3 Å². The lowest BCUT2D eigenvalue weighted by Gasteiger charge is -2.17. The number of rotatable bonds is 9. The molecule has 0 heterocycles. The van der Waals surface area contributed by atoms with E-state index >= 15 is 0 Å². The van der Waals surface area contributed by atoms with Crippen LogP contribution in [0.15, 0.2) is 60.7 Å². The van der Waals surface area contributed by atoms with Gasteiger partial charge in [-0.25, -0.2) is 9.59 Å². The molecule has 0 amide bonds. The van der Waals surface area contributed by atoms with E-state index in [-0.39, 0.29) is 16.7 Å². The van der Waals surface area contributed by atoms with Crippen molar-refractivity contribution in [3.63, 3.8) is 0 Å². The average molecular weight is 518 g/mol. The van der Waals surface area contributed by atoms with Crippen molar-refractivity contribution in [3.05, 3.63) is 82.9 Å². The highest BCUT2D eigenvalue weighted by Gasteiger charge is 2.32. The summed E-state index contributed by atoms with van der Waals surface area (Å²) in [6.07, 6.45) is -11.8. The Morgan fingerprint density at radius 1 is 0.833 bits per heavy atom. The first-order chi connectivity index (χ1) is 16.7. The zero-order valence-corrected chi connectivity index (χ0v) is 18.7. The predicted octanol–water partition coefficient (Wildman–Crippen LogP) is 5.39. The number of carbonyl (C=O) groups is 3. The molecule has 1 atom stereocenters. The summed E-state index contributed by atoms with van der Waals surface area (Å²) < 4.78 is 91.2. The third-order valence-corrected chi connectivity index (χ3v) is 4.53. The maximum atomic E-state index is 12.8. The normalized spacial score (nSPS) is 12.4. The van der Waals surface area contributed by atoms with E-state index in [1.807, 2.05) is 0 Å². The van der Waals surface area contributed by atoms with Gasteiger partial charge in [-0.1, -0.05) is 30.8 Å². The minimum absolute atomic E-state index is 0.00645. The Balaban J connectivity index is 2.02. The monoisotopic (exact) mass is 518 g/mol. The lowest BCUT2D eigenvalue weighted by atomic mass is 10.1. The highest BCUT2D eigenvalue weighted by atomic mass is 19.4. The zero-order chi connectivity index (χ0) is 27.1. The molecular formula is C24H20F6O6. The molecule has 0 spiro atoms. The number of ether oxygens (including phenoxy) is 3. The molecule has 0 bridgehead atoms. The first kappa shape index (κ1) is 28.4. The molecule has 0 N–H and O–H groups in total. The molecule has 0 saturated carbocycles. The Hall–Kier alpha value is -3.83. The molecule has 0 aliphatic heterocycles. The lowest BCUT2D eigenvalue weighted by molar-refractivity contribution is -0.171. The summed E-state index contributed by atoms with van der Waals surface area (Å²) >= 11 is 0. The second kappa shape index (κ2) is 11.7. The number of hydrogen-bond donors (Lipinski definition) is 0. The Labute approximate surface area is 201 Å². The summed E-state index contributed by atoms with van der Waals surface area (Å²) in [5.74, 6) is -3.31. The molecule has 0 radical (unpaired) electrons. The third kappa shape index (κ3) is 8.75. The summed E-state index contributed by atoms with van der Waals surface area (Å²) in [4.78, 5) is 36.5. The van der Waals surface area contributed by atoms with E-state index in [1.54, 1.807) is 0 Å². The number of carbonyl (C=O) groups excluding carboxylic acids is 3. The van der Waals surface area contributed by atoms with Gasteiger partial charge in [0.25, 0.3) is 0 Å². The second-order valence-electron chi connectivity index (χ2n) is 7.54. The van der Waals surface area contributed by atoms with Crippen LogP contribution in [-0.2, 0) is 54.2 Å². The van der Waals surface area contributed by atoms with Crippen molar-refractivity contribution in [2.75, 3.05) is 0 Å². The Morgan fingerprint density at radius 3 is 1.97 bits per heavy atom. The van der Waals surface area contributed by atoms with Crippen LogP contribution in [0.3, 0.4) is 0 Å². The first-order valence-corrected chi connectivity index (χ1v) is 10.2. The van der Waals surface area contributed by atoms with Gasteiger partial charge in [-0.05, 0) is 42.3 Å². The molecule has 194 valence electrons. The molecule has 0 aromatic heterocycles. The molecule has 12 heteroatoms. The fraction of sp³-hybridized carbons (Fsp3) is 0.292. The predicted molar refractivity (Wildman–Crippen MR) is 112 cm³/mol. The number of hydrogen-bond acceptors (Lipinski definition) is 6. The maximum absolute atomic E-state index is 12.8. The van der Waals surface area contributed by atoms with Gasteiger partial charge in [0.05, 0.1) is 17.5 Å².